The van der Waals surface area contributed by atoms with Gasteiger partial charge in [-0.05, 0) is 23.3 Å². The summed E-state index contributed by atoms with van der Waals surface area (Å²) in [5, 5.41) is 2.85. The normalized spacial score (nSPS) is 13.5. The van der Waals surface area contributed by atoms with Crippen molar-refractivity contribution in [1.82, 2.24) is 9.62 Å². The van der Waals surface area contributed by atoms with Crippen LogP contribution in [0.4, 0.5) is 0 Å². The SMILES string of the molecule is CC(C(=O)NCc1ccc(S(=O)(=O)N(C)C)cc1)C(N)c1ccccc1.Cl. The van der Waals surface area contributed by atoms with E-state index < -0.39 is 10.0 Å². The Morgan fingerprint density at radius 1 is 1.07 bits per heavy atom. The smallest absolute Gasteiger partial charge is 0.242 e. The molecule has 2 aromatic carbocycles. The molecule has 2 unspecified atom stereocenters. The molecule has 148 valence electrons. The minimum absolute atomic E-state index is 0. The average molecular weight is 412 g/mol. The van der Waals surface area contributed by atoms with Crippen molar-refractivity contribution in [2.45, 2.75) is 24.4 Å². The Morgan fingerprint density at radius 2 is 1.63 bits per heavy atom. The van der Waals surface area contributed by atoms with Crippen LogP contribution in [-0.4, -0.2) is 32.7 Å². The number of nitrogens with two attached hydrogens (primary N) is 1. The minimum atomic E-state index is -3.45. The highest BCUT2D eigenvalue weighted by atomic mass is 35.5. The van der Waals surface area contributed by atoms with Crippen molar-refractivity contribution in [2.24, 2.45) is 11.7 Å². The predicted octanol–water partition coefficient (Wildman–Crippen LogP) is 2.31. The summed E-state index contributed by atoms with van der Waals surface area (Å²) < 4.78 is 25.3. The summed E-state index contributed by atoms with van der Waals surface area (Å²) in [5.74, 6) is -0.530. The van der Waals surface area contributed by atoms with Crippen molar-refractivity contribution < 1.29 is 13.2 Å². The van der Waals surface area contributed by atoms with Crippen LogP contribution in [0.15, 0.2) is 59.5 Å². The van der Waals surface area contributed by atoms with Gasteiger partial charge in [0, 0.05) is 26.7 Å². The van der Waals surface area contributed by atoms with E-state index in [9.17, 15) is 13.2 Å². The van der Waals surface area contributed by atoms with Crippen molar-refractivity contribution in [2.75, 3.05) is 14.1 Å². The van der Waals surface area contributed by atoms with Gasteiger partial charge in [-0.1, -0.05) is 49.4 Å². The molecule has 0 aromatic heterocycles. The monoisotopic (exact) mass is 411 g/mol. The summed E-state index contributed by atoms with van der Waals surface area (Å²) in [5.41, 5.74) is 7.90. The lowest BCUT2D eigenvalue weighted by Crippen LogP contribution is -2.35. The van der Waals surface area contributed by atoms with E-state index in [-0.39, 0.29) is 35.2 Å². The zero-order valence-corrected chi connectivity index (χ0v) is 17.3. The summed E-state index contributed by atoms with van der Waals surface area (Å²) in [7, 11) is -0.477. The third kappa shape index (κ3) is 5.77. The lowest BCUT2D eigenvalue weighted by Gasteiger charge is -2.20. The van der Waals surface area contributed by atoms with Gasteiger partial charge in [-0.15, -0.1) is 12.4 Å². The van der Waals surface area contributed by atoms with E-state index in [1.807, 2.05) is 30.3 Å². The summed E-state index contributed by atoms with van der Waals surface area (Å²) in [4.78, 5) is 12.6. The van der Waals surface area contributed by atoms with Gasteiger partial charge in [0.15, 0.2) is 0 Å². The largest absolute Gasteiger partial charge is 0.352 e. The molecule has 0 bridgehead atoms. The second-order valence-electron chi connectivity index (χ2n) is 6.37. The van der Waals surface area contributed by atoms with E-state index in [0.29, 0.717) is 6.54 Å². The number of hydrogen-bond donors (Lipinski definition) is 2. The Bertz CT molecular complexity index is 840. The highest BCUT2D eigenvalue weighted by Gasteiger charge is 2.22. The standard InChI is InChI=1S/C19H25N3O3S.ClH/c1-14(18(20)16-7-5-4-6-8-16)19(23)21-13-15-9-11-17(12-10-15)26(24,25)22(2)3;/h4-12,14,18H,13,20H2,1-3H3,(H,21,23);1H. The Kier molecular flexibility index (Phi) is 8.43. The summed E-state index contributed by atoms with van der Waals surface area (Å²) in [6, 6.07) is 15.6. The molecule has 27 heavy (non-hydrogen) atoms. The second kappa shape index (κ2) is 9.85. The molecular weight excluding hydrogens is 386 g/mol. The second-order valence-corrected chi connectivity index (χ2v) is 8.53. The first kappa shape index (κ1) is 23.1. The number of halogens is 1. The molecule has 2 aromatic rings. The van der Waals surface area contributed by atoms with Gasteiger partial charge in [0.1, 0.15) is 0 Å². The Hall–Kier alpha value is -1.93. The number of benzene rings is 2. The summed E-state index contributed by atoms with van der Waals surface area (Å²) in [6.45, 7) is 2.10. The van der Waals surface area contributed by atoms with Crippen molar-refractivity contribution in [3.05, 3.63) is 65.7 Å². The van der Waals surface area contributed by atoms with E-state index in [2.05, 4.69) is 5.32 Å². The van der Waals surface area contributed by atoms with Crippen LogP contribution in [0.25, 0.3) is 0 Å². The molecular formula is C19H26ClN3O3S. The third-order valence-corrected chi connectivity index (χ3v) is 6.13. The molecule has 0 spiro atoms. The van der Waals surface area contributed by atoms with Crippen molar-refractivity contribution >= 4 is 28.3 Å². The number of sulfonamides is 1. The van der Waals surface area contributed by atoms with Gasteiger partial charge in [0.05, 0.1) is 10.8 Å². The fourth-order valence-corrected chi connectivity index (χ4v) is 3.37. The first-order valence-corrected chi connectivity index (χ1v) is 9.77. The molecule has 0 aliphatic carbocycles. The third-order valence-electron chi connectivity index (χ3n) is 4.31. The topological polar surface area (TPSA) is 92.5 Å². The number of carbonyl (C=O) groups is 1. The fraction of sp³-hybridized carbons (Fsp3) is 0.316. The first-order valence-electron chi connectivity index (χ1n) is 8.33. The van der Waals surface area contributed by atoms with Crippen LogP contribution in [0, 0.1) is 5.92 Å². The van der Waals surface area contributed by atoms with Crippen LogP contribution in [0.5, 0.6) is 0 Å². The molecule has 8 heteroatoms. The van der Waals surface area contributed by atoms with Crippen LogP contribution in [0.1, 0.15) is 24.1 Å². The number of rotatable bonds is 7. The highest BCUT2D eigenvalue weighted by Crippen LogP contribution is 2.19. The zero-order chi connectivity index (χ0) is 19.3. The maximum atomic E-state index is 12.4. The predicted molar refractivity (Wildman–Crippen MR) is 109 cm³/mol. The van der Waals surface area contributed by atoms with Crippen LogP contribution >= 0.6 is 12.4 Å². The van der Waals surface area contributed by atoms with Crippen molar-refractivity contribution in [3.63, 3.8) is 0 Å². The molecule has 0 radical (unpaired) electrons. The number of nitrogens with one attached hydrogen (secondary N) is 1. The number of carbonyl (C=O) groups excluding carboxylic acids is 1. The quantitative estimate of drug-likeness (QED) is 0.731. The Morgan fingerprint density at radius 3 is 2.15 bits per heavy atom. The molecule has 0 aliphatic rings. The molecule has 6 nitrogen and oxygen atoms in total. The van der Waals surface area contributed by atoms with Gasteiger partial charge in [-0.25, -0.2) is 12.7 Å². The van der Waals surface area contributed by atoms with E-state index in [4.69, 9.17) is 5.73 Å². The Labute approximate surface area is 167 Å². The van der Waals surface area contributed by atoms with Gasteiger partial charge in [0.25, 0.3) is 0 Å². The maximum absolute atomic E-state index is 12.4. The van der Waals surface area contributed by atoms with Gasteiger partial charge in [-0.3, -0.25) is 4.79 Å². The highest BCUT2D eigenvalue weighted by molar-refractivity contribution is 7.89. The lowest BCUT2D eigenvalue weighted by atomic mass is 9.94. The van der Waals surface area contributed by atoms with Gasteiger partial charge < -0.3 is 11.1 Å². The molecule has 0 saturated carbocycles. The molecule has 2 atom stereocenters. The lowest BCUT2D eigenvalue weighted by molar-refractivity contribution is -0.125. The van der Waals surface area contributed by atoms with Gasteiger partial charge in [-0.2, -0.15) is 0 Å². The van der Waals surface area contributed by atoms with E-state index in [1.165, 1.54) is 26.2 Å². The van der Waals surface area contributed by atoms with Gasteiger partial charge in [0.2, 0.25) is 15.9 Å². The number of amides is 1. The summed E-state index contributed by atoms with van der Waals surface area (Å²) in [6.07, 6.45) is 0. The van der Waals surface area contributed by atoms with Crippen LogP contribution in [0.3, 0.4) is 0 Å². The first-order chi connectivity index (χ1) is 12.2. The van der Waals surface area contributed by atoms with Gasteiger partial charge >= 0.3 is 0 Å². The molecule has 0 aliphatic heterocycles. The minimum Gasteiger partial charge on any atom is -0.352 e. The average Bonchev–Trinajstić information content (AvgIpc) is 2.65. The number of hydrogen-bond acceptors (Lipinski definition) is 4. The van der Waals surface area contributed by atoms with E-state index in [0.717, 1.165) is 15.4 Å². The fourth-order valence-electron chi connectivity index (χ4n) is 2.47. The number of nitrogens with zero attached hydrogens (tertiary/aromatic N) is 1. The van der Waals surface area contributed by atoms with Crippen LogP contribution in [0.2, 0.25) is 0 Å². The zero-order valence-electron chi connectivity index (χ0n) is 15.6. The molecule has 0 saturated heterocycles. The van der Waals surface area contributed by atoms with E-state index >= 15 is 0 Å². The molecule has 3 N–H and O–H groups in total. The molecule has 0 fully saturated rings. The van der Waals surface area contributed by atoms with Crippen molar-refractivity contribution in [1.29, 1.82) is 0 Å². The van der Waals surface area contributed by atoms with Crippen LogP contribution < -0.4 is 11.1 Å². The maximum Gasteiger partial charge on any atom is 0.242 e. The molecule has 0 heterocycles. The molecule has 1 amide bonds. The summed E-state index contributed by atoms with van der Waals surface area (Å²) >= 11 is 0. The van der Waals surface area contributed by atoms with E-state index in [1.54, 1.807) is 19.1 Å². The van der Waals surface area contributed by atoms with Crippen molar-refractivity contribution in [3.8, 4) is 0 Å². The molecule has 2 rings (SSSR count). The Balaban J connectivity index is 0.00000364. The van der Waals surface area contributed by atoms with Crippen LogP contribution in [-0.2, 0) is 21.4 Å².